The number of piperidine rings is 2. The highest BCUT2D eigenvalue weighted by atomic mass is 16.5. The first-order chi connectivity index (χ1) is 25.3. The van der Waals surface area contributed by atoms with Crippen LogP contribution in [0.5, 0.6) is 11.5 Å². The third-order valence-electron chi connectivity index (χ3n) is 10.6. The molecule has 14 nitrogen and oxygen atoms in total. The molecule has 0 aliphatic carbocycles. The minimum absolute atomic E-state index is 0.0796. The molecule has 6 heterocycles. The average Bonchev–Trinajstić information content (AvgIpc) is 3.64. The van der Waals surface area contributed by atoms with Gasteiger partial charge >= 0.3 is 0 Å². The number of aromatic nitrogens is 4. The minimum Gasteiger partial charge on any atom is -0.457 e. The largest absolute Gasteiger partial charge is 0.457 e. The van der Waals surface area contributed by atoms with Crippen LogP contribution in [0.15, 0.2) is 79.1 Å². The maximum Gasteiger partial charge on any atom is 0.262 e. The SMILES string of the molecule is Nc1ncnc2c1c(-c1ccc(Oc3ccccc3)cc1)nn2C1CCCN(C2CN(c3ccc4c(c3)C(=O)N(C3CCC(=O)NC3=O)C4=O)C2)C1. The summed E-state index contributed by atoms with van der Waals surface area (Å²) in [6, 6.07) is 22.1. The van der Waals surface area contributed by atoms with Crippen molar-refractivity contribution < 1.29 is 23.9 Å². The van der Waals surface area contributed by atoms with Crippen LogP contribution >= 0.6 is 0 Å². The highest BCUT2D eigenvalue weighted by molar-refractivity contribution is 6.23. The highest BCUT2D eigenvalue weighted by Crippen LogP contribution is 2.37. The molecule has 2 unspecified atom stereocenters. The summed E-state index contributed by atoms with van der Waals surface area (Å²) in [5.74, 6) is -0.157. The zero-order valence-electron chi connectivity index (χ0n) is 28.1. The first-order valence-corrected chi connectivity index (χ1v) is 17.5. The molecule has 3 N–H and O–H groups in total. The Bertz CT molecular complexity index is 2250. The molecule has 0 spiro atoms. The first-order valence-electron chi connectivity index (χ1n) is 17.5. The lowest BCUT2D eigenvalue weighted by molar-refractivity contribution is -0.136. The average molecular weight is 698 g/mol. The lowest BCUT2D eigenvalue weighted by atomic mass is 9.98. The molecule has 4 aliphatic rings. The van der Waals surface area contributed by atoms with Crippen molar-refractivity contribution in [1.82, 2.24) is 34.9 Å². The van der Waals surface area contributed by atoms with Crippen LogP contribution in [0.1, 0.15) is 52.4 Å². The molecule has 0 radical (unpaired) electrons. The van der Waals surface area contributed by atoms with Crippen LogP contribution in [0.3, 0.4) is 0 Å². The maximum absolute atomic E-state index is 13.4. The van der Waals surface area contributed by atoms with Gasteiger partial charge in [-0.1, -0.05) is 18.2 Å². The standard InChI is InChI=1S/C38H35N9O5/c39-34-32-33(22-8-11-27(12-9-22)52-26-6-2-1-3-7-26)43-47(35(32)41-21-40-34)24-5-4-16-44(18-24)25-19-45(20-25)23-10-13-28-29(17-23)38(51)46(37(28)50)30-14-15-31(48)42-36(30)49/h1-3,6-13,17,21,24-25,30H,4-5,14-16,18-20H2,(H2,39,40,41)(H,42,48,49). The summed E-state index contributed by atoms with van der Waals surface area (Å²) in [5.41, 5.74) is 10.2. The molecule has 3 saturated heterocycles. The number of hydrogen-bond acceptors (Lipinski definition) is 11. The molecule has 9 rings (SSSR count). The summed E-state index contributed by atoms with van der Waals surface area (Å²) in [4.78, 5) is 65.2. The molecule has 262 valence electrons. The predicted octanol–water partition coefficient (Wildman–Crippen LogP) is 3.79. The number of nitrogens with two attached hydrogens (primary N) is 1. The fourth-order valence-electron chi connectivity index (χ4n) is 7.82. The van der Waals surface area contributed by atoms with E-state index in [1.54, 1.807) is 12.1 Å². The number of rotatable bonds is 7. The Balaban J connectivity index is 0.895. The molecule has 0 saturated carbocycles. The summed E-state index contributed by atoms with van der Waals surface area (Å²) in [6.45, 7) is 3.28. The van der Waals surface area contributed by atoms with Gasteiger partial charge < -0.3 is 15.4 Å². The van der Waals surface area contributed by atoms with Gasteiger partial charge in [0.2, 0.25) is 11.8 Å². The molecule has 14 heteroatoms. The number of amides is 4. The number of nitrogens with zero attached hydrogens (tertiary/aromatic N) is 7. The summed E-state index contributed by atoms with van der Waals surface area (Å²) in [5, 5.41) is 8.07. The van der Waals surface area contributed by atoms with E-state index < -0.39 is 29.7 Å². The van der Waals surface area contributed by atoms with Crippen molar-refractivity contribution in [2.75, 3.05) is 36.8 Å². The fraction of sp³-hybridized carbons (Fsp3) is 0.289. The predicted molar refractivity (Wildman–Crippen MR) is 191 cm³/mol. The number of carbonyl (C=O) groups excluding carboxylic acids is 4. The van der Waals surface area contributed by atoms with E-state index in [-0.39, 0.29) is 30.0 Å². The maximum atomic E-state index is 13.4. The van der Waals surface area contributed by atoms with Crippen molar-refractivity contribution in [3.63, 3.8) is 0 Å². The molecule has 52 heavy (non-hydrogen) atoms. The first kappa shape index (κ1) is 31.8. The number of ether oxygens (including phenoxy) is 1. The Morgan fingerprint density at radius 1 is 0.808 bits per heavy atom. The summed E-state index contributed by atoms with van der Waals surface area (Å²) >= 11 is 0. The van der Waals surface area contributed by atoms with E-state index in [1.165, 1.54) is 6.33 Å². The van der Waals surface area contributed by atoms with Crippen LogP contribution in [-0.4, -0.2) is 91.4 Å². The lowest BCUT2D eigenvalue weighted by Crippen LogP contribution is -2.61. The summed E-state index contributed by atoms with van der Waals surface area (Å²) in [7, 11) is 0. The van der Waals surface area contributed by atoms with Gasteiger partial charge in [0.1, 0.15) is 35.4 Å². The smallest absolute Gasteiger partial charge is 0.262 e. The van der Waals surface area contributed by atoms with Gasteiger partial charge in [-0.05, 0) is 80.4 Å². The number of likely N-dealkylation sites (tertiary alicyclic amines) is 1. The van der Waals surface area contributed by atoms with Crippen LogP contribution in [0.4, 0.5) is 11.5 Å². The van der Waals surface area contributed by atoms with Gasteiger partial charge in [0, 0.05) is 43.3 Å². The number of nitrogens with one attached hydrogen (secondary N) is 1. The second-order valence-corrected chi connectivity index (χ2v) is 13.7. The van der Waals surface area contributed by atoms with Crippen molar-refractivity contribution >= 4 is 46.2 Å². The lowest BCUT2D eigenvalue weighted by Gasteiger charge is -2.49. The van der Waals surface area contributed by atoms with Gasteiger partial charge in [-0.15, -0.1) is 0 Å². The Morgan fingerprint density at radius 2 is 1.58 bits per heavy atom. The van der Waals surface area contributed by atoms with Gasteiger partial charge in [0.15, 0.2) is 5.65 Å². The Kier molecular flexibility index (Phi) is 7.68. The van der Waals surface area contributed by atoms with Crippen molar-refractivity contribution in [2.24, 2.45) is 0 Å². The minimum atomic E-state index is -0.986. The molecule has 3 fully saturated rings. The van der Waals surface area contributed by atoms with Gasteiger partial charge in [-0.3, -0.25) is 34.3 Å². The number of fused-ring (bicyclic) bond motifs is 2. The quantitative estimate of drug-likeness (QED) is 0.237. The van der Waals surface area contributed by atoms with E-state index in [9.17, 15) is 19.2 Å². The normalized spacial score (nSPS) is 21.0. The number of imide groups is 2. The van der Waals surface area contributed by atoms with Crippen LogP contribution < -0.4 is 20.7 Å². The topological polar surface area (TPSA) is 169 Å². The molecule has 5 aromatic rings. The van der Waals surface area contributed by atoms with E-state index in [0.717, 1.165) is 77.8 Å². The molecule has 4 amide bonds. The van der Waals surface area contributed by atoms with Gasteiger partial charge in [0.05, 0.1) is 22.6 Å². The molecular formula is C38H35N9O5. The number of carbonyl (C=O) groups is 4. The van der Waals surface area contributed by atoms with E-state index >= 15 is 0 Å². The molecule has 2 aromatic heterocycles. The number of hydrogen-bond donors (Lipinski definition) is 2. The van der Waals surface area contributed by atoms with Crippen LogP contribution in [-0.2, 0) is 9.59 Å². The molecule has 0 bridgehead atoms. The number of nitrogen functional groups attached to an aromatic ring is 1. The van der Waals surface area contributed by atoms with Crippen LogP contribution in [0.2, 0.25) is 0 Å². The van der Waals surface area contributed by atoms with E-state index in [2.05, 4.69) is 25.1 Å². The molecule has 4 aliphatic heterocycles. The Morgan fingerprint density at radius 3 is 2.37 bits per heavy atom. The summed E-state index contributed by atoms with van der Waals surface area (Å²) < 4.78 is 8.00. The Hall–Kier alpha value is -6.15. The third kappa shape index (κ3) is 5.42. The van der Waals surface area contributed by atoms with Gasteiger partial charge in [-0.2, -0.15) is 5.10 Å². The van der Waals surface area contributed by atoms with Crippen molar-refractivity contribution in [3.05, 3.63) is 90.3 Å². The van der Waals surface area contributed by atoms with E-state index in [1.807, 2.05) is 65.3 Å². The zero-order valence-corrected chi connectivity index (χ0v) is 28.1. The number of para-hydroxylation sites is 1. The molecular weight excluding hydrogens is 662 g/mol. The van der Waals surface area contributed by atoms with Crippen LogP contribution in [0, 0.1) is 0 Å². The number of benzene rings is 3. The molecule has 2 atom stereocenters. The van der Waals surface area contributed by atoms with Crippen molar-refractivity contribution in [2.45, 2.75) is 43.8 Å². The second-order valence-electron chi connectivity index (χ2n) is 13.7. The summed E-state index contributed by atoms with van der Waals surface area (Å²) in [6.07, 6.45) is 3.64. The van der Waals surface area contributed by atoms with Gasteiger partial charge in [0.25, 0.3) is 11.8 Å². The van der Waals surface area contributed by atoms with Crippen LogP contribution in [0.25, 0.3) is 22.3 Å². The third-order valence-corrected chi connectivity index (χ3v) is 10.6. The zero-order chi connectivity index (χ0) is 35.5. The fourth-order valence-corrected chi connectivity index (χ4v) is 7.82. The Labute approximate surface area is 298 Å². The van der Waals surface area contributed by atoms with Gasteiger partial charge in [-0.25, -0.2) is 14.6 Å². The van der Waals surface area contributed by atoms with E-state index in [0.29, 0.717) is 17.5 Å². The van der Waals surface area contributed by atoms with E-state index in [4.69, 9.17) is 15.6 Å². The highest BCUT2D eigenvalue weighted by Gasteiger charge is 2.45. The van der Waals surface area contributed by atoms with Crippen molar-refractivity contribution in [1.29, 1.82) is 0 Å². The molecule has 3 aromatic carbocycles. The number of anilines is 2. The monoisotopic (exact) mass is 697 g/mol. The second kappa shape index (κ2) is 12.6. The van der Waals surface area contributed by atoms with Crippen molar-refractivity contribution in [3.8, 4) is 22.8 Å².